The molecular formula is C6H9N3O. The molecule has 0 saturated heterocycles. The second kappa shape index (κ2) is 2.45. The van der Waals surface area contributed by atoms with Crippen molar-refractivity contribution < 1.29 is 5.21 Å². The van der Waals surface area contributed by atoms with Gasteiger partial charge in [-0.25, -0.2) is 0 Å². The van der Waals surface area contributed by atoms with E-state index in [1.54, 1.807) is 18.2 Å². The highest BCUT2D eigenvalue weighted by atomic mass is 16.5. The van der Waals surface area contributed by atoms with Crippen LogP contribution in [0, 0.1) is 0 Å². The van der Waals surface area contributed by atoms with Crippen LogP contribution in [0.15, 0.2) is 18.2 Å². The van der Waals surface area contributed by atoms with Gasteiger partial charge in [-0.15, -0.1) is 0 Å². The molecule has 0 saturated carbocycles. The molecule has 0 aliphatic rings. The maximum Gasteiger partial charge on any atom is 0.106 e. The largest absolute Gasteiger partial charge is 0.397 e. The quantitative estimate of drug-likeness (QED) is 0.340. The zero-order valence-corrected chi connectivity index (χ0v) is 5.33. The average Bonchev–Trinajstić information content (AvgIpc) is 1.88. The van der Waals surface area contributed by atoms with Gasteiger partial charge < -0.3 is 11.5 Å². The van der Waals surface area contributed by atoms with Crippen molar-refractivity contribution in [3.05, 3.63) is 18.2 Å². The normalized spacial score (nSPS) is 9.30. The van der Waals surface area contributed by atoms with E-state index in [0.29, 0.717) is 17.1 Å². The fraction of sp³-hybridized carbons (Fsp3) is 0. The molecule has 0 radical (unpaired) electrons. The van der Waals surface area contributed by atoms with Crippen LogP contribution < -0.4 is 16.9 Å². The van der Waals surface area contributed by atoms with Gasteiger partial charge >= 0.3 is 0 Å². The summed E-state index contributed by atoms with van der Waals surface area (Å²) in [6.45, 7) is 0. The third-order valence-electron chi connectivity index (χ3n) is 1.24. The summed E-state index contributed by atoms with van der Waals surface area (Å²) in [4.78, 5) is 0. The summed E-state index contributed by atoms with van der Waals surface area (Å²) in [6.07, 6.45) is 0. The molecule has 0 spiro atoms. The number of hydrogen-bond acceptors (Lipinski definition) is 4. The summed E-state index contributed by atoms with van der Waals surface area (Å²) in [5, 5.41) is 8.49. The Morgan fingerprint density at radius 1 is 1.20 bits per heavy atom. The molecule has 0 bridgehead atoms. The van der Waals surface area contributed by atoms with Crippen LogP contribution in [-0.2, 0) is 0 Å². The molecule has 0 aromatic heterocycles. The van der Waals surface area contributed by atoms with E-state index < -0.39 is 0 Å². The minimum Gasteiger partial charge on any atom is -0.397 e. The monoisotopic (exact) mass is 139 g/mol. The molecular weight excluding hydrogens is 130 g/mol. The molecule has 1 rings (SSSR count). The summed E-state index contributed by atoms with van der Waals surface area (Å²) in [6, 6.07) is 5.01. The molecule has 0 aliphatic heterocycles. The Morgan fingerprint density at radius 3 is 2.00 bits per heavy atom. The van der Waals surface area contributed by atoms with Gasteiger partial charge in [0, 0.05) is 0 Å². The first kappa shape index (κ1) is 6.70. The average molecular weight is 139 g/mol. The predicted octanol–water partition coefficient (Wildman–Crippen LogP) is 0.652. The molecule has 10 heavy (non-hydrogen) atoms. The summed E-state index contributed by atoms with van der Waals surface area (Å²) >= 11 is 0. The lowest BCUT2D eigenvalue weighted by Gasteiger charge is -2.05. The number of benzene rings is 1. The smallest absolute Gasteiger partial charge is 0.106 e. The molecule has 1 aromatic carbocycles. The molecule has 1 aromatic rings. The van der Waals surface area contributed by atoms with Gasteiger partial charge in [-0.2, -0.15) is 0 Å². The first-order valence-electron chi connectivity index (χ1n) is 2.79. The highest BCUT2D eigenvalue weighted by Crippen LogP contribution is 2.23. The van der Waals surface area contributed by atoms with E-state index in [9.17, 15) is 0 Å². The second-order valence-corrected chi connectivity index (χ2v) is 1.92. The summed E-state index contributed by atoms with van der Waals surface area (Å²) in [5.74, 6) is 0. The van der Waals surface area contributed by atoms with Crippen LogP contribution in [-0.4, -0.2) is 5.21 Å². The van der Waals surface area contributed by atoms with Crippen molar-refractivity contribution in [3.63, 3.8) is 0 Å². The highest BCUT2D eigenvalue weighted by molar-refractivity contribution is 5.78. The number of nitrogen functional groups attached to an aromatic ring is 2. The third-order valence-corrected chi connectivity index (χ3v) is 1.24. The van der Waals surface area contributed by atoms with Gasteiger partial charge in [0.15, 0.2) is 0 Å². The maximum absolute atomic E-state index is 8.49. The van der Waals surface area contributed by atoms with Crippen LogP contribution in [0.1, 0.15) is 0 Å². The van der Waals surface area contributed by atoms with Crippen LogP contribution in [0.5, 0.6) is 0 Å². The topological polar surface area (TPSA) is 84.3 Å². The van der Waals surface area contributed by atoms with Crippen molar-refractivity contribution in [3.8, 4) is 0 Å². The Labute approximate surface area is 58.4 Å². The summed E-state index contributed by atoms with van der Waals surface area (Å²) in [5.41, 5.74) is 14.0. The minimum atomic E-state index is 0.363. The molecule has 0 heterocycles. The van der Waals surface area contributed by atoms with Gasteiger partial charge in [-0.3, -0.25) is 10.7 Å². The highest BCUT2D eigenvalue weighted by Gasteiger charge is 1.98. The number of nitrogens with two attached hydrogens (primary N) is 2. The summed E-state index contributed by atoms with van der Waals surface area (Å²) < 4.78 is 0. The second-order valence-electron chi connectivity index (χ2n) is 1.92. The SMILES string of the molecule is Nc1cccc(N)c1NO. The Kier molecular flexibility index (Phi) is 1.64. The van der Waals surface area contributed by atoms with E-state index >= 15 is 0 Å². The Morgan fingerprint density at radius 2 is 1.70 bits per heavy atom. The number of hydrogen-bond donors (Lipinski definition) is 4. The molecule has 4 heteroatoms. The van der Waals surface area contributed by atoms with Gasteiger partial charge in [0.05, 0.1) is 11.4 Å². The molecule has 0 atom stereocenters. The fourth-order valence-electron chi connectivity index (χ4n) is 0.718. The number of anilines is 3. The lowest BCUT2D eigenvalue weighted by molar-refractivity contribution is 0.390. The Hall–Kier alpha value is -1.42. The molecule has 0 fully saturated rings. The van der Waals surface area contributed by atoms with Crippen molar-refractivity contribution in [2.75, 3.05) is 16.9 Å². The van der Waals surface area contributed by atoms with Crippen LogP contribution in [0.3, 0.4) is 0 Å². The van der Waals surface area contributed by atoms with Crippen LogP contribution in [0.4, 0.5) is 17.1 Å². The molecule has 4 nitrogen and oxygen atoms in total. The number of rotatable bonds is 1. The van der Waals surface area contributed by atoms with Crippen molar-refractivity contribution in [1.82, 2.24) is 0 Å². The first-order chi connectivity index (χ1) is 4.75. The van der Waals surface area contributed by atoms with Gasteiger partial charge in [0.25, 0.3) is 0 Å². The van der Waals surface area contributed by atoms with Gasteiger partial charge in [0.1, 0.15) is 5.69 Å². The Bertz CT molecular complexity index is 216. The zero-order valence-electron chi connectivity index (χ0n) is 5.33. The van der Waals surface area contributed by atoms with Gasteiger partial charge in [-0.1, -0.05) is 6.07 Å². The van der Waals surface area contributed by atoms with E-state index in [4.69, 9.17) is 16.7 Å². The molecule has 0 aliphatic carbocycles. The van der Waals surface area contributed by atoms with Crippen molar-refractivity contribution in [2.24, 2.45) is 0 Å². The van der Waals surface area contributed by atoms with Crippen molar-refractivity contribution >= 4 is 17.1 Å². The maximum atomic E-state index is 8.49. The van der Waals surface area contributed by atoms with E-state index in [0.717, 1.165) is 0 Å². The molecule has 0 unspecified atom stereocenters. The number of nitrogens with one attached hydrogen (secondary N) is 1. The minimum absolute atomic E-state index is 0.363. The third kappa shape index (κ3) is 0.964. The standard InChI is InChI=1S/C6H9N3O/c7-4-2-1-3-5(8)6(4)9-10/h1-3,9-10H,7-8H2. The van der Waals surface area contributed by atoms with Crippen LogP contribution >= 0.6 is 0 Å². The van der Waals surface area contributed by atoms with Crippen molar-refractivity contribution in [1.29, 1.82) is 0 Å². The van der Waals surface area contributed by atoms with E-state index in [1.165, 1.54) is 0 Å². The van der Waals surface area contributed by atoms with E-state index in [2.05, 4.69) is 0 Å². The van der Waals surface area contributed by atoms with Gasteiger partial charge in [0.2, 0.25) is 0 Å². The van der Waals surface area contributed by atoms with E-state index in [1.807, 2.05) is 5.48 Å². The lowest BCUT2D eigenvalue weighted by Crippen LogP contribution is -2.00. The summed E-state index contributed by atoms with van der Waals surface area (Å²) in [7, 11) is 0. The zero-order chi connectivity index (χ0) is 7.56. The molecule has 54 valence electrons. The van der Waals surface area contributed by atoms with E-state index in [-0.39, 0.29) is 0 Å². The Balaban J connectivity index is 3.17. The fourth-order valence-corrected chi connectivity index (χ4v) is 0.718. The predicted molar refractivity (Wildman–Crippen MR) is 40.7 cm³/mol. The molecule has 6 N–H and O–H groups in total. The van der Waals surface area contributed by atoms with Crippen molar-refractivity contribution in [2.45, 2.75) is 0 Å². The number of para-hydroxylation sites is 1. The first-order valence-corrected chi connectivity index (χ1v) is 2.79. The lowest BCUT2D eigenvalue weighted by atomic mass is 10.2. The van der Waals surface area contributed by atoms with Crippen LogP contribution in [0.25, 0.3) is 0 Å². The molecule has 0 amide bonds. The van der Waals surface area contributed by atoms with Crippen LogP contribution in [0.2, 0.25) is 0 Å². The van der Waals surface area contributed by atoms with Gasteiger partial charge in [-0.05, 0) is 12.1 Å².